The van der Waals surface area contributed by atoms with Crippen LogP contribution >= 0.6 is 11.3 Å². The molecule has 3 nitrogen and oxygen atoms in total. The first-order chi connectivity index (χ1) is 7.08. The Bertz CT molecular complexity index is 386. The number of likely N-dealkylation sites (N-methyl/N-ethyl adjacent to an activating group) is 1. The number of rotatable bonds is 2. The van der Waals surface area contributed by atoms with Crippen LogP contribution < -0.4 is 0 Å². The van der Waals surface area contributed by atoms with Gasteiger partial charge in [-0.15, -0.1) is 11.3 Å². The van der Waals surface area contributed by atoms with Gasteiger partial charge in [-0.2, -0.15) is 0 Å². The van der Waals surface area contributed by atoms with Crippen LogP contribution in [-0.4, -0.2) is 35.8 Å². The summed E-state index contributed by atoms with van der Waals surface area (Å²) in [6.07, 6.45) is 1.17. The summed E-state index contributed by atoms with van der Waals surface area (Å²) in [7, 11) is 2.13. The standard InChI is InChI=1S/C11H16N2OS/c1-7-10(8(2)14)15-11(12-7)9-4-5-13(3)6-9/h9H,4-6H2,1-3H3. The Balaban J connectivity index is 2.23. The van der Waals surface area contributed by atoms with Gasteiger partial charge in [-0.1, -0.05) is 0 Å². The molecule has 1 fully saturated rings. The molecule has 0 amide bonds. The fourth-order valence-corrected chi connectivity index (χ4v) is 3.14. The van der Waals surface area contributed by atoms with E-state index < -0.39 is 0 Å². The topological polar surface area (TPSA) is 33.2 Å². The molecule has 1 aromatic heterocycles. The zero-order chi connectivity index (χ0) is 11.0. The number of aryl methyl sites for hydroxylation is 1. The molecule has 2 heterocycles. The van der Waals surface area contributed by atoms with Crippen LogP contribution in [0.5, 0.6) is 0 Å². The molecule has 1 unspecified atom stereocenters. The molecule has 0 aliphatic carbocycles. The minimum atomic E-state index is 0.141. The molecule has 1 saturated heterocycles. The van der Waals surface area contributed by atoms with Crippen LogP contribution in [0.15, 0.2) is 0 Å². The Labute approximate surface area is 94.1 Å². The van der Waals surface area contributed by atoms with Gasteiger partial charge < -0.3 is 4.90 Å². The average Bonchev–Trinajstić information content (AvgIpc) is 2.71. The second-order valence-corrected chi connectivity index (χ2v) is 5.30. The lowest BCUT2D eigenvalue weighted by molar-refractivity contribution is 0.102. The minimum absolute atomic E-state index is 0.141. The van der Waals surface area contributed by atoms with E-state index in [9.17, 15) is 4.79 Å². The number of nitrogens with zero attached hydrogens (tertiary/aromatic N) is 2. The number of hydrogen-bond donors (Lipinski definition) is 0. The molecule has 1 aliphatic rings. The highest BCUT2D eigenvalue weighted by Gasteiger charge is 2.25. The van der Waals surface area contributed by atoms with Crippen LogP contribution in [0.4, 0.5) is 0 Å². The fraction of sp³-hybridized carbons (Fsp3) is 0.636. The summed E-state index contributed by atoms with van der Waals surface area (Å²) in [5.74, 6) is 0.675. The Morgan fingerprint density at radius 1 is 1.60 bits per heavy atom. The summed E-state index contributed by atoms with van der Waals surface area (Å²) in [4.78, 5) is 19.0. The molecule has 2 rings (SSSR count). The van der Waals surface area contributed by atoms with Crippen LogP contribution in [-0.2, 0) is 0 Å². The van der Waals surface area contributed by atoms with Gasteiger partial charge in [-0.25, -0.2) is 4.98 Å². The molecule has 4 heteroatoms. The normalized spacial score (nSPS) is 22.2. The number of Topliss-reactive ketones (excluding diaryl/α,β-unsaturated/α-hetero) is 1. The van der Waals surface area contributed by atoms with E-state index in [0.717, 1.165) is 28.7 Å². The first-order valence-electron chi connectivity index (χ1n) is 5.24. The third-order valence-electron chi connectivity index (χ3n) is 2.87. The number of likely N-dealkylation sites (tertiary alicyclic amines) is 1. The zero-order valence-electron chi connectivity index (χ0n) is 9.41. The van der Waals surface area contributed by atoms with E-state index in [2.05, 4.69) is 16.9 Å². The summed E-state index contributed by atoms with van der Waals surface area (Å²) >= 11 is 1.58. The molecular formula is C11H16N2OS. The molecule has 15 heavy (non-hydrogen) atoms. The van der Waals surface area contributed by atoms with Gasteiger partial charge >= 0.3 is 0 Å². The summed E-state index contributed by atoms with van der Waals surface area (Å²) < 4.78 is 0. The molecule has 0 radical (unpaired) electrons. The molecule has 1 atom stereocenters. The third kappa shape index (κ3) is 2.11. The quantitative estimate of drug-likeness (QED) is 0.721. The highest BCUT2D eigenvalue weighted by atomic mass is 32.1. The molecule has 0 aromatic carbocycles. The first-order valence-corrected chi connectivity index (χ1v) is 6.06. The van der Waals surface area contributed by atoms with Crippen molar-refractivity contribution < 1.29 is 4.79 Å². The second kappa shape index (κ2) is 4.02. The number of ketones is 1. The molecule has 1 aromatic rings. The summed E-state index contributed by atoms with van der Waals surface area (Å²) in [6, 6.07) is 0. The van der Waals surface area contributed by atoms with Crippen molar-refractivity contribution in [3.05, 3.63) is 15.6 Å². The predicted molar refractivity (Wildman–Crippen MR) is 61.7 cm³/mol. The molecule has 0 spiro atoms. The Hall–Kier alpha value is -0.740. The van der Waals surface area contributed by atoms with Crippen molar-refractivity contribution in [2.24, 2.45) is 0 Å². The summed E-state index contributed by atoms with van der Waals surface area (Å²) in [5.41, 5.74) is 0.900. The lowest BCUT2D eigenvalue weighted by Crippen LogP contribution is -2.13. The van der Waals surface area contributed by atoms with Gasteiger partial charge in [0.2, 0.25) is 0 Å². The van der Waals surface area contributed by atoms with Crippen molar-refractivity contribution >= 4 is 17.1 Å². The minimum Gasteiger partial charge on any atom is -0.306 e. The van der Waals surface area contributed by atoms with E-state index in [0.29, 0.717) is 5.92 Å². The Morgan fingerprint density at radius 2 is 2.33 bits per heavy atom. The Morgan fingerprint density at radius 3 is 2.80 bits per heavy atom. The molecular weight excluding hydrogens is 208 g/mol. The maximum atomic E-state index is 11.3. The van der Waals surface area contributed by atoms with Crippen molar-refractivity contribution in [3.8, 4) is 0 Å². The van der Waals surface area contributed by atoms with E-state index in [-0.39, 0.29) is 5.78 Å². The highest BCUT2D eigenvalue weighted by Crippen LogP contribution is 2.31. The zero-order valence-corrected chi connectivity index (χ0v) is 10.2. The number of hydrogen-bond acceptors (Lipinski definition) is 4. The van der Waals surface area contributed by atoms with Gasteiger partial charge in [-0.3, -0.25) is 4.79 Å². The van der Waals surface area contributed by atoms with Crippen LogP contribution in [0.2, 0.25) is 0 Å². The number of carbonyl (C=O) groups is 1. The maximum Gasteiger partial charge on any atom is 0.171 e. The van der Waals surface area contributed by atoms with Gasteiger partial charge in [0.25, 0.3) is 0 Å². The number of carbonyl (C=O) groups excluding carboxylic acids is 1. The van der Waals surface area contributed by atoms with Crippen LogP contribution in [0, 0.1) is 6.92 Å². The van der Waals surface area contributed by atoms with Crippen molar-refractivity contribution in [1.82, 2.24) is 9.88 Å². The highest BCUT2D eigenvalue weighted by molar-refractivity contribution is 7.13. The van der Waals surface area contributed by atoms with Crippen molar-refractivity contribution in [2.75, 3.05) is 20.1 Å². The predicted octanol–water partition coefficient (Wildman–Crippen LogP) is 2.07. The lowest BCUT2D eigenvalue weighted by atomic mass is 10.1. The summed E-state index contributed by atoms with van der Waals surface area (Å²) in [5, 5.41) is 1.14. The van der Waals surface area contributed by atoms with E-state index in [4.69, 9.17) is 0 Å². The largest absolute Gasteiger partial charge is 0.306 e. The smallest absolute Gasteiger partial charge is 0.171 e. The summed E-state index contributed by atoms with van der Waals surface area (Å²) in [6.45, 7) is 5.75. The molecule has 82 valence electrons. The van der Waals surface area contributed by atoms with Crippen LogP contribution in [0.25, 0.3) is 0 Å². The average molecular weight is 224 g/mol. The van der Waals surface area contributed by atoms with Crippen LogP contribution in [0.1, 0.15) is 39.6 Å². The van der Waals surface area contributed by atoms with Gasteiger partial charge in [-0.05, 0) is 26.9 Å². The van der Waals surface area contributed by atoms with E-state index in [1.165, 1.54) is 6.42 Å². The second-order valence-electron chi connectivity index (χ2n) is 4.27. The van der Waals surface area contributed by atoms with Gasteiger partial charge in [0.05, 0.1) is 15.6 Å². The van der Waals surface area contributed by atoms with Crippen molar-refractivity contribution in [3.63, 3.8) is 0 Å². The van der Waals surface area contributed by atoms with E-state index in [1.54, 1.807) is 18.3 Å². The SMILES string of the molecule is CC(=O)c1sc(C2CCN(C)C2)nc1C. The van der Waals surface area contributed by atoms with Crippen LogP contribution in [0.3, 0.4) is 0 Å². The van der Waals surface area contributed by atoms with Gasteiger partial charge in [0.15, 0.2) is 5.78 Å². The fourth-order valence-electron chi connectivity index (χ4n) is 2.06. The third-order valence-corrected chi connectivity index (χ3v) is 4.29. The molecule has 0 saturated carbocycles. The number of thiazole rings is 1. The Kier molecular flexibility index (Phi) is 2.89. The van der Waals surface area contributed by atoms with Gasteiger partial charge in [0, 0.05) is 19.4 Å². The van der Waals surface area contributed by atoms with Crippen molar-refractivity contribution in [1.29, 1.82) is 0 Å². The number of aromatic nitrogens is 1. The monoisotopic (exact) mass is 224 g/mol. The van der Waals surface area contributed by atoms with E-state index in [1.807, 2.05) is 6.92 Å². The molecule has 0 bridgehead atoms. The maximum absolute atomic E-state index is 11.3. The molecule has 0 N–H and O–H groups in total. The van der Waals surface area contributed by atoms with E-state index >= 15 is 0 Å². The van der Waals surface area contributed by atoms with Crippen molar-refractivity contribution in [2.45, 2.75) is 26.2 Å². The first kappa shape index (κ1) is 10.8. The lowest BCUT2D eigenvalue weighted by Gasteiger charge is -2.06. The molecule has 1 aliphatic heterocycles. The van der Waals surface area contributed by atoms with Gasteiger partial charge in [0.1, 0.15) is 0 Å².